The summed E-state index contributed by atoms with van der Waals surface area (Å²) in [4.78, 5) is 25.4. The molecule has 0 aliphatic carbocycles. The zero-order chi connectivity index (χ0) is 29.8. The average molecular weight is 559 g/mol. The lowest BCUT2D eigenvalue weighted by Gasteiger charge is -2.06. The lowest BCUT2D eigenvalue weighted by atomic mass is 9.97. The van der Waals surface area contributed by atoms with Gasteiger partial charge in [-0.3, -0.25) is 20.2 Å². The lowest BCUT2D eigenvalue weighted by Crippen LogP contribution is -1.96. The van der Waals surface area contributed by atoms with Crippen LogP contribution in [0.4, 0.5) is 17.3 Å². The Kier molecular flexibility index (Phi) is 7.57. The Bertz CT molecular complexity index is 1870. The van der Waals surface area contributed by atoms with Crippen molar-refractivity contribution in [2.45, 2.75) is 13.8 Å². The summed E-state index contributed by atoms with van der Waals surface area (Å²) in [6.07, 6.45) is 1.54. The van der Waals surface area contributed by atoms with Gasteiger partial charge in [-0.25, -0.2) is 4.99 Å². The zero-order valence-corrected chi connectivity index (χ0v) is 22.5. The number of benzene rings is 4. The van der Waals surface area contributed by atoms with Gasteiger partial charge in [0.2, 0.25) is 11.6 Å². The van der Waals surface area contributed by atoms with E-state index < -0.39 is 21.2 Å². The van der Waals surface area contributed by atoms with Gasteiger partial charge in [0.25, 0.3) is 5.69 Å². The highest BCUT2D eigenvalue weighted by Gasteiger charge is 2.23. The molecule has 1 heterocycles. The number of aryl methyl sites for hydroxylation is 2. The van der Waals surface area contributed by atoms with Crippen molar-refractivity contribution in [3.8, 4) is 40.0 Å². The molecular formula is C32H22N4O6. The molecule has 5 aromatic rings. The number of furan rings is 1. The van der Waals surface area contributed by atoms with Crippen LogP contribution in [0.15, 0.2) is 100 Å². The molecule has 0 saturated heterocycles. The van der Waals surface area contributed by atoms with Crippen LogP contribution in [0, 0.1) is 45.4 Å². The number of ether oxygens (including phenoxy) is 1. The largest absolute Gasteiger partial charge is 0.450 e. The second kappa shape index (κ2) is 11.6. The number of nitriles is 1. The second-order valence-electron chi connectivity index (χ2n) is 9.43. The van der Waals surface area contributed by atoms with Crippen molar-refractivity contribution in [3.05, 3.63) is 133 Å². The summed E-state index contributed by atoms with van der Waals surface area (Å²) < 4.78 is 11.8. The van der Waals surface area contributed by atoms with Gasteiger partial charge in [0, 0.05) is 23.4 Å². The fraction of sp³-hybridized carbons (Fsp3) is 0.0625. The van der Waals surface area contributed by atoms with Crippen molar-refractivity contribution in [1.29, 1.82) is 5.26 Å². The van der Waals surface area contributed by atoms with Crippen molar-refractivity contribution in [3.63, 3.8) is 0 Å². The van der Waals surface area contributed by atoms with E-state index in [1.807, 2.05) is 62.4 Å². The number of rotatable bonds is 8. The van der Waals surface area contributed by atoms with Crippen molar-refractivity contribution in [1.82, 2.24) is 0 Å². The van der Waals surface area contributed by atoms with Crippen LogP contribution >= 0.6 is 0 Å². The molecule has 10 nitrogen and oxygen atoms in total. The molecule has 0 atom stereocenters. The summed E-state index contributed by atoms with van der Waals surface area (Å²) >= 11 is 0. The summed E-state index contributed by atoms with van der Waals surface area (Å²) in [5.74, 6) is 0.845. The Morgan fingerprint density at radius 2 is 1.45 bits per heavy atom. The van der Waals surface area contributed by atoms with Gasteiger partial charge in [-0.1, -0.05) is 59.7 Å². The molecule has 1 aromatic heterocycles. The number of nitro groups is 2. The minimum atomic E-state index is -0.741. The van der Waals surface area contributed by atoms with Gasteiger partial charge in [0.05, 0.1) is 15.9 Å². The Labute approximate surface area is 240 Å². The highest BCUT2D eigenvalue weighted by Crippen LogP contribution is 2.42. The van der Waals surface area contributed by atoms with Crippen molar-refractivity contribution >= 4 is 23.5 Å². The van der Waals surface area contributed by atoms with Crippen LogP contribution in [0.2, 0.25) is 0 Å². The summed E-state index contributed by atoms with van der Waals surface area (Å²) in [6, 6.07) is 27.6. The van der Waals surface area contributed by atoms with Crippen LogP contribution in [0.25, 0.3) is 22.5 Å². The van der Waals surface area contributed by atoms with Crippen LogP contribution in [-0.2, 0) is 0 Å². The number of nitro benzene ring substituents is 2. The summed E-state index contributed by atoms with van der Waals surface area (Å²) in [5, 5.41) is 32.5. The Hall–Kier alpha value is -6.08. The SMILES string of the molecule is Cc1ccc(-c2oc(N=Cc3ccc(Oc4ccc([N+](=O)[O-])cc4[N+](=O)[O-])cc3)c(C#N)c2-c2ccc(C)cc2)cc1. The molecule has 0 saturated carbocycles. The molecule has 42 heavy (non-hydrogen) atoms. The normalized spacial score (nSPS) is 10.9. The first-order valence-electron chi connectivity index (χ1n) is 12.7. The van der Waals surface area contributed by atoms with Crippen LogP contribution in [0.1, 0.15) is 22.3 Å². The average Bonchev–Trinajstić information content (AvgIpc) is 3.36. The first-order valence-corrected chi connectivity index (χ1v) is 12.7. The van der Waals surface area contributed by atoms with Crippen LogP contribution in [-0.4, -0.2) is 16.1 Å². The van der Waals surface area contributed by atoms with E-state index in [0.717, 1.165) is 34.4 Å². The Morgan fingerprint density at radius 3 is 2.02 bits per heavy atom. The molecule has 0 fully saturated rings. The number of hydrogen-bond donors (Lipinski definition) is 0. The molecule has 0 aliphatic rings. The predicted octanol–water partition coefficient (Wildman–Crippen LogP) is 8.46. The third-order valence-corrected chi connectivity index (χ3v) is 6.44. The van der Waals surface area contributed by atoms with Gasteiger partial charge in [-0.15, -0.1) is 0 Å². The van der Waals surface area contributed by atoms with E-state index in [9.17, 15) is 25.5 Å². The van der Waals surface area contributed by atoms with E-state index in [0.29, 0.717) is 22.5 Å². The molecular weight excluding hydrogens is 536 g/mol. The number of aliphatic imine (C=N–C) groups is 1. The Morgan fingerprint density at radius 1 is 0.833 bits per heavy atom. The standard InChI is InChI=1S/C32H22N4O6/c1-20-3-9-23(10-4-20)30-27(18-33)32(42-31(30)24-11-5-21(2)6-12-24)34-19-22-7-14-26(15-8-22)41-29-16-13-25(35(37)38)17-28(29)36(39)40/h3-17,19H,1-2H3. The fourth-order valence-corrected chi connectivity index (χ4v) is 4.25. The van der Waals surface area contributed by atoms with Crippen LogP contribution in [0.3, 0.4) is 0 Å². The van der Waals surface area contributed by atoms with Gasteiger partial charge in [-0.2, -0.15) is 5.26 Å². The molecule has 10 heteroatoms. The molecule has 0 spiro atoms. The van der Waals surface area contributed by atoms with Crippen molar-refractivity contribution in [2.75, 3.05) is 0 Å². The Balaban J connectivity index is 1.46. The summed E-state index contributed by atoms with van der Waals surface area (Å²) in [5.41, 5.74) is 4.50. The highest BCUT2D eigenvalue weighted by molar-refractivity contribution is 5.90. The molecule has 206 valence electrons. The molecule has 0 radical (unpaired) electrons. The van der Waals surface area contributed by atoms with Gasteiger partial charge in [-0.05, 0) is 55.3 Å². The van der Waals surface area contributed by atoms with Gasteiger partial charge < -0.3 is 9.15 Å². The van der Waals surface area contributed by atoms with E-state index in [2.05, 4.69) is 11.1 Å². The molecule has 4 aromatic carbocycles. The molecule has 0 unspecified atom stereocenters. The van der Waals surface area contributed by atoms with Gasteiger partial charge in [0.1, 0.15) is 23.1 Å². The highest BCUT2D eigenvalue weighted by atomic mass is 16.6. The topological polar surface area (TPSA) is 145 Å². The first kappa shape index (κ1) is 27.5. The van der Waals surface area contributed by atoms with E-state index >= 15 is 0 Å². The van der Waals surface area contributed by atoms with E-state index in [1.54, 1.807) is 24.3 Å². The smallest absolute Gasteiger partial charge is 0.318 e. The third kappa shape index (κ3) is 5.76. The van der Waals surface area contributed by atoms with E-state index in [4.69, 9.17) is 9.15 Å². The molecule has 5 rings (SSSR count). The first-order chi connectivity index (χ1) is 20.2. The number of nitrogens with zero attached hydrogens (tertiary/aromatic N) is 4. The molecule has 0 aliphatic heterocycles. The number of hydrogen-bond acceptors (Lipinski definition) is 8. The molecule has 0 amide bonds. The molecule has 0 bridgehead atoms. The molecule has 0 N–H and O–H groups in total. The summed E-state index contributed by atoms with van der Waals surface area (Å²) in [6.45, 7) is 3.98. The maximum Gasteiger partial charge on any atom is 0.318 e. The minimum absolute atomic E-state index is 0.131. The predicted molar refractivity (Wildman–Crippen MR) is 157 cm³/mol. The fourth-order valence-electron chi connectivity index (χ4n) is 4.25. The third-order valence-electron chi connectivity index (χ3n) is 6.44. The van der Waals surface area contributed by atoms with E-state index in [-0.39, 0.29) is 17.4 Å². The van der Waals surface area contributed by atoms with Crippen LogP contribution < -0.4 is 4.74 Å². The number of non-ortho nitro benzene ring substituents is 1. The maximum atomic E-state index is 11.4. The lowest BCUT2D eigenvalue weighted by molar-refractivity contribution is -0.394. The quantitative estimate of drug-likeness (QED) is 0.105. The van der Waals surface area contributed by atoms with Crippen LogP contribution in [0.5, 0.6) is 11.5 Å². The van der Waals surface area contributed by atoms with Gasteiger partial charge in [0.15, 0.2) is 0 Å². The second-order valence-corrected chi connectivity index (χ2v) is 9.43. The monoisotopic (exact) mass is 558 g/mol. The zero-order valence-electron chi connectivity index (χ0n) is 22.5. The summed E-state index contributed by atoms with van der Waals surface area (Å²) in [7, 11) is 0. The van der Waals surface area contributed by atoms with Gasteiger partial charge >= 0.3 is 5.69 Å². The van der Waals surface area contributed by atoms with Crippen molar-refractivity contribution in [2.24, 2.45) is 4.99 Å². The maximum absolute atomic E-state index is 11.4. The minimum Gasteiger partial charge on any atom is -0.450 e. The van der Waals surface area contributed by atoms with Crippen molar-refractivity contribution < 1.29 is 19.0 Å². The van der Waals surface area contributed by atoms with E-state index in [1.165, 1.54) is 12.3 Å².